The number of fused-ring (bicyclic) bond motifs is 1. The van der Waals surface area contributed by atoms with Crippen molar-refractivity contribution in [2.75, 3.05) is 11.9 Å². The summed E-state index contributed by atoms with van der Waals surface area (Å²) in [5, 5.41) is 15.2. The van der Waals surface area contributed by atoms with Gasteiger partial charge in [-0.15, -0.1) is 0 Å². The molecule has 4 heterocycles. The standard InChI is InChI=1S/C23H22N8OS2/c1-13-8-19(34-30-13)28-21-22-24-11-18(15-9-25-26-10-15)31(22)12-20(29-21)33-17-6-4-16(5-7-17)27-23(32)14-2-3-14/h4-10,12,14,18H,2-3,11H2,1H3,(H,25,26)(H,27,32)(H,28,29). The summed E-state index contributed by atoms with van der Waals surface area (Å²) in [6.45, 7) is 2.59. The lowest BCUT2D eigenvalue weighted by molar-refractivity contribution is -0.117. The van der Waals surface area contributed by atoms with Crippen molar-refractivity contribution in [1.29, 1.82) is 0 Å². The van der Waals surface area contributed by atoms with Crippen molar-refractivity contribution in [2.24, 2.45) is 15.9 Å². The molecule has 3 N–H and O–H groups in total. The van der Waals surface area contributed by atoms with Gasteiger partial charge in [0.2, 0.25) is 5.91 Å². The van der Waals surface area contributed by atoms with Gasteiger partial charge in [0.1, 0.15) is 5.00 Å². The molecule has 3 aromatic rings. The van der Waals surface area contributed by atoms with Gasteiger partial charge < -0.3 is 15.5 Å². The minimum Gasteiger partial charge on any atom is -0.330 e. The number of aryl methyl sites for hydroxylation is 1. The average Bonchev–Trinajstić information content (AvgIpc) is 3.16. The highest BCUT2D eigenvalue weighted by Gasteiger charge is 2.35. The lowest BCUT2D eigenvalue weighted by Crippen LogP contribution is -2.43. The molecule has 1 amide bonds. The molecule has 1 aliphatic carbocycles. The number of rotatable bonds is 6. The van der Waals surface area contributed by atoms with Gasteiger partial charge in [0.15, 0.2) is 11.7 Å². The molecule has 1 unspecified atom stereocenters. The summed E-state index contributed by atoms with van der Waals surface area (Å²) in [5.74, 6) is 1.81. The molecule has 6 rings (SSSR count). The molecule has 0 saturated heterocycles. The van der Waals surface area contributed by atoms with Gasteiger partial charge in [0.05, 0.1) is 29.5 Å². The third kappa shape index (κ3) is 4.36. The second-order valence-electron chi connectivity index (χ2n) is 8.39. The summed E-state index contributed by atoms with van der Waals surface area (Å²) in [7, 11) is 0. The number of anilines is 1. The Bertz CT molecular complexity index is 1300. The molecule has 1 fully saturated rings. The van der Waals surface area contributed by atoms with Crippen molar-refractivity contribution < 1.29 is 4.79 Å². The van der Waals surface area contributed by atoms with Crippen molar-refractivity contribution in [1.82, 2.24) is 24.8 Å². The summed E-state index contributed by atoms with van der Waals surface area (Å²) in [6.07, 6.45) is 7.81. The third-order valence-electron chi connectivity index (χ3n) is 5.74. The Morgan fingerprint density at radius 1 is 1.29 bits per heavy atom. The van der Waals surface area contributed by atoms with Gasteiger partial charge in [-0.2, -0.15) is 9.47 Å². The molecule has 0 spiro atoms. The Morgan fingerprint density at radius 2 is 2.15 bits per heavy atom. The predicted octanol–water partition coefficient (Wildman–Crippen LogP) is 4.20. The molecular formula is C23H22N8OS2. The van der Waals surface area contributed by atoms with Gasteiger partial charge >= 0.3 is 0 Å². The van der Waals surface area contributed by atoms with Crippen LogP contribution in [0.3, 0.4) is 0 Å². The number of aromatic amines is 1. The van der Waals surface area contributed by atoms with E-state index in [9.17, 15) is 4.79 Å². The summed E-state index contributed by atoms with van der Waals surface area (Å²) in [6, 6.07) is 9.93. The van der Waals surface area contributed by atoms with Crippen LogP contribution in [0.2, 0.25) is 0 Å². The number of amides is 1. The van der Waals surface area contributed by atoms with E-state index in [1.807, 2.05) is 49.6 Å². The normalized spacial score (nSPS) is 20.6. The molecule has 3 aliphatic rings. The number of hydrogen-bond donors (Lipinski definition) is 3. The second kappa shape index (κ2) is 8.73. The van der Waals surface area contributed by atoms with Crippen LogP contribution in [0.1, 0.15) is 30.1 Å². The molecular weight excluding hydrogens is 468 g/mol. The second-order valence-corrected chi connectivity index (χ2v) is 10.3. The number of amidine groups is 2. The van der Waals surface area contributed by atoms with E-state index < -0.39 is 0 Å². The number of carbonyl (C=O) groups is 1. The molecule has 1 atom stereocenters. The number of hydrogen-bond acceptors (Lipinski definition) is 8. The van der Waals surface area contributed by atoms with Gasteiger partial charge in [-0.3, -0.25) is 14.9 Å². The maximum atomic E-state index is 12.0. The van der Waals surface area contributed by atoms with Crippen LogP contribution in [0.5, 0.6) is 0 Å². The van der Waals surface area contributed by atoms with E-state index in [-0.39, 0.29) is 17.9 Å². The van der Waals surface area contributed by atoms with Gasteiger partial charge in [0.25, 0.3) is 0 Å². The molecule has 0 bridgehead atoms. The minimum atomic E-state index is 0.0554. The van der Waals surface area contributed by atoms with Crippen LogP contribution in [0, 0.1) is 12.8 Å². The van der Waals surface area contributed by atoms with Crippen molar-refractivity contribution in [3.63, 3.8) is 0 Å². The number of carbonyl (C=O) groups excluding carboxylic acids is 1. The van der Waals surface area contributed by atoms with E-state index in [0.29, 0.717) is 12.4 Å². The Hall–Kier alpha value is -3.44. The molecule has 11 heteroatoms. The lowest BCUT2D eigenvalue weighted by atomic mass is 10.1. The number of benzene rings is 1. The number of aliphatic imine (C=N–C) groups is 2. The third-order valence-corrected chi connectivity index (χ3v) is 7.45. The Balaban J connectivity index is 1.26. The molecule has 1 aromatic carbocycles. The Kier molecular flexibility index (Phi) is 5.42. The largest absolute Gasteiger partial charge is 0.330 e. The first-order valence-corrected chi connectivity index (χ1v) is 12.6. The highest BCUT2D eigenvalue weighted by molar-refractivity contribution is 8.03. The summed E-state index contributed by atoms with van der Waals surface area (Å²) in [4.78, 5) is 24.8. The maximum absolute atomic E-state index is 12.0. The zero-order valence-electron chi connectivity index (χ0n) is 18.4. The van der Waals surface area contributed by atoms with E-state index in [2.05, 4.69) is 36.3 Å². The number of aromatic nitrogens is 3. The summed E-state index contributed by atoms with van der Waals surface area (Å²) >= 11 is 2.97. The molecule has 2 aliphatic heterocycles. The quantitative estimate of drug-likeness (QED) is 0.478. The number of H-pyrrole nitrogens is 1. The zero-order valence-corrected chi connectivity index (χ0v) is 20.0. The van der Waals surface area contributed by atoms with Crippen molar-refractivity contribution in [2.45, 2.75) is 30.7 Å². The molecule has 1 saturated carbocycles. The number of nitrogens with zero attached hydrogens (tertiary/aromatic N) is 5. The summed E-state index contributed by atoms with van der Waals surface area (Å²) in [5.41, 5.74) is 2.84. The smallest absolute Gasteiger partial charge is 0.227 e. The van der Waals surface area contributed by atoms with Crippen LogP contribution >= 0.6 is 23.3 Å². The number of thioether (sulfide) groups is 1. The van der Waals surface area contributed by atoms with Gasteiger partial charge in [0, 0.05) is 34.5 Å². The Labute approximate surface area is 204 Å². The van der Waals surface area contributed by atoms with Crippen LogP contribution in [0.4, 0.5) is 10.7 Å². The SMILES string of the molecule is Cc1cc(N=C2NC(Sc3ccc(NC(=O)C4CC4)cc3)=CN3C2=NCC3c2cn[nH]c2)sn1. The van der Waals surface area contributed by atoms with Crippen LogP contribution in [0.15, 0.2) is 68.8 Å². The van der Waals surface area contributed by atoms with Crippen LogP contribution in [0.25, 0.3) is 0 Å². The van der Waals surface area contributed by atoms with E-state index in [4.69, 9.17) is 9.98 Å². The Morgan fingerprint density at radius 3 is 2.85 bits per heavy atom. The van der Waals surface area contributed by atoms with Gasteiger partial charge in [-0.25, -0.2) is 4.99 Å². The van der Waals surface area contributed by atoms with Crippen LogP contribution in [-0.2, 0) is 4.79 Å². The first-order chi connectivity index (χ1) is 16.6. The zero-order chi connectivity index (χ0) is 23.1. The molecule has 34 heavy (non-hydrogen) atoms. The fraction of sp³-hybridized carbons (Fsp3) is 0.261. The van der Waals surface area contributed by atoms with Crippen molar-refractivity contribution >= 4 is 51.6 Å². The molecule has 9 nitrogen and oxygen atoms in total. The molecule has 0 radical (unpaired) electrons. The summed E-state index contributed by atoms with van der Waals surface area (Å²) < 4.78 is 4.34. The monoisotopic (exact) mass is 490 g/mol. The van der Waals surface area contributed by atoms with Gasteiger partial charge in [-0.1, -0.05) is 11.8 Å². The van der Waals surface area contributed by atoms with Crippen molar-refractivity contribution in [3.05, 3.63) is 65.2 Å². The van der Waals surface area contributed by atoms with Crippen LogP contribution < -0.4 is 10.6 Å². The first-order valence-electron chi connectivity index (χ1n) is 11.0. The fourth-order valence-corrected chi connectivity index (χ4v) is 5.33. The average molecular weight is 491 g/mol. The maximum Gasteiger partial charge on any atom is 0.227 e. The minimum absolute atomic E-state index is 0.0554. The predicted molar refractivity (Wildman–Crippen MR) is 134 cm³/mol. The number of nitrogens with one attached hydrogen (secondary N) is 3. The van der Waals surface area contributed by atoms with Gasteiger partial charge in [-0.05, 0) is 61.6 Å². The highest BCUT2D eigenvalue weighted by Crippen LogP contribution is 2.35. The van der Waals surface area contributed by atoms with Crippen molar-refractivity contribution in [3.8, 4) is 0 Å². The topological polar surface area (TPSA) is 111 Å². The van der Waals surface area contributed by atoms with Crippen LogP contribution in [-0.4, -0.2) is 43.6 Å². The fourth-order valence-electron chi connectivity index (χ4n) is 3.84. The molecule has 2 aromatic heterocycles. The highest BCUT2D eigenvalue weighted by atomic mass is 32.2. The van der Waals surface area contributed by atoms with E-state index in [1.54, 1.807) is 11.8 Å². The molecule has 172 valence electrons. The van der Waals surface area contributed by atoms with E-state index in [0.717, 1.165) is 50.5 Å². The van der Waals surface area contributed by atoms with E-state index in [1.165, 1.54) is 11.5 Å². The lowest BCUT2D eigenvalue weighted by Gasteiger charge is -2.30. The first kappa shape index (κ1) is 21.1. The van der Waals surface area contributed by atoms with E-state index >= 15 is 0 Å².